The van der Waals surface area contributed by atoms with Gasteiger partial charge in [0.25, 0.3) is 0 Å². The predicted molar refractivity (Wildman–Crippen MR) is 95.5 cm³/mol. The van der Waals surface area contributed by atoms with E-state index in [1.165, 1.54) is 0 Å². The molecule has 0 fully saturated rings. The van der Waals surface area contributed by atoms with Crippen molar-refractivity contribution in [3.63, 3.8) is 0 Å². The Bertz CT molecular complexity index is 457. The van der Waals surface area contributed by atoms with Crippen LogP contribution in [0.1, 0.15) is 25.3 Å². The van der Waals surface area contributed by atoms with Crippen LogP contribution in [0.5, 0.6) is 5.88 Å². The van der Waals surface area contributed by atoms with E-state index in [0.29, 0.717) is 38.8 Å². The molecular formula is C17H30N4O3. The molecule has 0 aliphatic heterocycles. The zero-order chi connectivity index (χ0) is 17.5. The number of hydrogen-bond donors (Lipinski definition) is 2. The lowest BCUT2D eigenvalue weighted by molar-refractivity contribution is 0.143. The van der Waals surface area contributed by atoms with Crippen LogP contribution in [0, 0.1) is 0 Å². The number of hydrogen-bond acceptors (Lipinski definition) is 5. The molecule has 1 aromatic rings. The minimum Gasteiger partial charge on any atom is -0.475 e. The fourth-order valence-corrected chi connectivity index (χ4v) is 1.89. The summed E-state index contributed by atoms with van der Waals surface area (Å²) in [5, 5.41) is 6.58. The number of guanidine groups is 1. The molecule has 0 aliphatic carbocycles. The first kappa shape index (κ1) is 20.2. The molecule has 0 saturated carbocycles. The van der Waals surface area contributed by atoms with Gasteiger partial charge in [0, 0.05) is 39.1 Å². The molecule has 0 bridgehead atoms. The minimum atomic E-state index is 0.470. The average molecular weight is 338 g/mol. The molecule has 7 nitrogen and oxygen atoms in total. The Hall–Kier alpha value is -1.86. The van der Waals surface area contributed by atoms with Crippen LogP contribution in [0.25, 0.3) is 0 Å². The van der Waals surface area contributed by atoms with Crippen molar-refractivity contribution in [2.45, 2.75) is 26.3 Å². The van der Waals surface area contributed by atoms with Crippen molar-refractivity contribution >= 4 is 5.96 Å². The van der Waals surface area contributed by atoms with E-state index in [-0.39, 0.29) is 0 Å². The van der Waals surface area contributed by atoms with E-state index in [1.807, 2.05) is 12.1 Å². The van der Waals surface area contributed by atoms with Crippen molar-refractivity contribution in [1.82, 2.24) is 15.6 Å². The Kier molecular flexibility index (Phi) is 11.4. The molecule has 0 amide bonds. The molecule has 0 aliphatic rings. The van der Waals surface area contributed by atoms with Crippen LogP contribution in [-0.4, -0.2) is 58.1 Å². The van der Waals surface area contributed by atoms with E-state index in [1.54, 1.807) is 20.4 Å². The Morgan fingerprint density at radius 1 is 1.12 bits per heavy atom. The van der Waals surface area contributed by atoms with Crippen LogP contribution in [0.2, 0.25) is 0 Å². The fourth-order valence-electron chi connectivity index (χ4n) is 1.89. The largest absolute Gasteiger partial charge is 0.475 e. The molecule has 24 heavy (non-hydrogen) atoms. The van der Waals surface area contributed by atoms with Gasteiger partial charge >= 0.3 is 0 Å². The van der Waals surface area contributed by atoms with Gasteiger partial charge in [0.15, 0.2) is 5.96 Å². The number of methoxy groups -OCH3 is 2. The summed E-state index contributed by atoms with van der Waals surface area (Å²) in [6, 6.07) is 3.86. The minimum absolute atomic E-state index is 0.470. The van der Waals surface area contributed by atoms with Gasteiger partial charge in [-0.3, -0.25) is 0 Å². The predicted octanol–water partition coefficient (Wildman–Crippen LogP) is 1.59. The molecular weight excluding hydrogens is 308 g/mol. The summed E-state index contributed by atoms with van der Waals surface area (Å²) in [7, 11) is 3.33. The number of aromatic nitrogens is 1. The molecule has 1 aromatic heterocycles. The average Bonchev–Trinajstić information content (AvgIpc) is 2.60. The monoisotopic (exact) mass is 338 g/mol. The van der Waals surface area contributed by atoms with Gasteiger partial charge in [0.2, 0.25) is 5.88 Å². The molecule has 136 valence electrons. The lowest BCUT2D eigenvalue weighted by atomic mass is 10.3. The third kappa shape index (κ3) is 8.69. The van der Waals surface area contributed by atoms with Crippen LogP contribution in [0.15, 0.2) is 23.3 Å². The number of pyridine rings is 1. The highest BCUT2D eigenvalue weighted by Gasteiger charge is 2.05. The molecule has 1 rings (SSSR count). The zero-order valence-electron chi connectivity index (χ0n) is 15.0. The van der Waals surface area contributed by atoms with E-state index in [4.69, 9.17) is 14.2 Å². The lowest BCUT2D eigenvalue weighted by Crippen LogP contribution is -2.39. The molecule has 0 unspecified atom stereocenters. The summed E-state index contributed by atoms with van der Waals surface area (Å²) in [6.45, 7) is 5.88. The summed E-state index contributed by atoms with van der Waals surface area (Å²) in [5.41, 5.74) is 0.942. The first-order chi connectivity index (χ1) is 11.8. The number of rotatable bonds is 12. The Morgan fingerprint density at radius 3 is 2.67 bits per heavy atom. The van der Waals surface area contributed by atoms with Gasteiger partial charge in [-0.05, 0) is 12.5 Å². The molecule has 1 heterocycles. The quantitative estimate of drug-likeness (QED) is 0.342. The number of nitrogens with one attached hydrogen (secondary N) is 2. The van der Waals surface area contributed by atoms with Crippen LogP contribution in [0.3, 0.4) is 0 Å². The van der Waals surface area contributed by atoms with E-state index < -0.39 is 0 Å². The van der Waals surface area contributed by atoms with Crippen LogP contribution in [-0.2, 0) is 16.0 Å². The molecule has 0 radical (unpaired) electrons. The first-order valence-corrected chi connectivity index (χ1v) is 8.38. The van der Waals surface area contributed by atoms with Gasteiger partial charge in [0.05, 0.1) is 19.8 Å². The summed E-state index contributed by atoms with van der Waals surface area (Å²) >= 11 is 0. The Balaban J connectivity index is 2.64. The molecule has 0 spiro atoms. The topological polar surface area (TPSA) is 77.0 Å². The second kappa shape index (κ2) is 13.6. The normalized spacial score (nSPS) is 11.4. The second-order valence-corrected chi connectivity index (χ2v) is 5.17. The number of ether oxygens (including phenoxy) is 3. The third-order valence-electron chi connectivity index (χ3n) is 3.21. The molecule has 7 heteroatoms. The van der Waals surface area contributed by atoms with Crippen LogP contribution in [0.4, 0.5) is 0 Å². The van der Waals surface area contributed by atoms with Gasteiger partial charge in [-0.25, -0.2) is 9.98 Å². The maximum atomic E-state index is 5.64. The van der Waals surface area contributed by atoms with E-state index in [0.717, 1.165) is 30.9 Å². The number of unbranched alkanes of at least 4 members (excludes halogenated alkanes) is 1. The molecule has 0 atom stereocenters. The highest BCUT2D eigenvalue weighted by atomic mass is 16.5. The van der Waals surface area contributed by atoms with Gasteiger partial charge in [-0.1, -0.05) is 19.4 Å². The molecule has 0 aromatic carbocycles. The maximum absolute atomic E-state index is 5.64. The van der Waals surface area contributed by atoms with Crippen molar-refractivity contribution in [1.29, 1.82) is 0 Å². The fraction of sp³-hybridized carbons (Fsp3) is 0.647. The number of nitrogens with zero attached hydrogens (tertiary/aromatic N) is 2. The maximum Gasteiger partial charge on any atom is 0.218 e. The SMILES string of the molecule is CCCCNC(=NCc1cccnc1OCCOC)NCCOC. The van der Waals surface area contributed by atoms with Crippen molar-refractivity contribution in [2.75, 3.05) is 47.1 Å². The summed E-state index contributed by atoms with van der Waals surface area (Å²) in [5.74, 6) is 1.37. The van der Waals surface area contributed by atoms with Gasteiger partial charge in [-0.15, -0.1) is 0 Å². The van der Waals surface area contributed by atoms with E-state index >= 15 is 0 Å². The second-order valence-electron chi connectivity index (χ2n) is 5.17. The van der Waals surface area contributed by atoms with Gasteiger partial charge in [0.1, 0.15) is 6.61 Å². The number of aliphatic imine (C=N–C) groups is 1. The smallest absolute Gasteiger partial charge is 0.218 e. The van der Waals surface area contributed by atoms with Gasteiger partial charge < -0.3 is 24.8 Å². The molecule has 0 saturated heterocycles. The van der Waals surface area contributed by atoms with Gasteiger partial charge in [-0.2, -0.15) is 0 Å². The third-order valence-corrected chi connectivity index (χ3v) is 3.21. The highest BCUT2D eigenvalue weighted by Crippen LogP contribution is 2.15. The summed E-state index contributed by atoms with van der Waals surface area (Å²) in [4.78, 5) is 8.89. The Labute approximate surface area is 144 Å². The Morgan fingerprint density at radius 2 is 1.92 bits per heavy atom. The van der Waals surface area contributed by atoms with Crippen molar-refractivity contribution in [3.8, 4) is 5.88 Å². The summed E-state index contributed by atoms with van der Waals surface area (Å²) in [6.07, 6.45) is 3.95. The summed E-state index contributed by atoms with van der Waals surface area (Å²) < 4.78 is 15.7. The van der Waals surface area contributed by atoms with Crippen LogP contribution >= 0.6 is 0 Å². The van der Waals surface area contributed by atoms with Crippen molar-refractivity contribution < 1.29 is 14.2 Å². The van der Waals surface area contributed by atoms with Crippen molar-refractivity contribution in [2.24, 2.45) is 4.99 Å². The standard InChI is InChI=1S/C17H30N4O3/c1-4-5-8-19-17(20-10-11-22-2)21-14-15-7-6-9-18-16(15)24-13-12-23-3/h6-7,9H,4-5,8,10-14H2,1-3H3,(H2,19,20,21). The highest BCUT2D eigenvalue weighted by molar-refractivity contribution is 5.79. The zero-order valence-corrected chi connectivity index (χ0v) is 15.0. The molecule has 2 N–H and O–H groups in total. The van der Waals surface area contributed by atoms with E-state index in [9.17, 15) is 0 Å². The lowest BCUT2D eigenvalue weighted by Gasteiger charge is -2.13. The van der Waals surface area contributed by atoms with Crippen LogP contribution < -0.4 is 15.4 Å². The van der Waals surface area contributed by atoms with E-state index in [2.05, 4.69) is 27.5 Å². The first-order valence-electron chi connectivity index (χ1n) is 8.38. The van der Waals surface area contributed by atoms with Crippen molar-refractivity contribution in [3.05, 3.63) is 23.9 Å².